The fourth-order valence-electron chi connectivity index (χ4n) is 1.68. The first-order chi connectivity index (χ1) is 8.70. The quantitative estimate of drug-likeness (QED) is 0.743. The van der Waals surface area contributed by atoms with Crippen LogP contribution in [0, 0.1) is 0 Å². The summed E-state index contributed by atoms with van der Waals surface area (Å²) in [4.78, 5) is 0. The van der Waals surface area contributed by atoms with Crippen molar-refractivity contribution >= 4 is 23.0 Å². The van der Waals surface area contributed by atoms with Crippen LogP contribution in [0.2, 0.25) is 5.02 Å². The normalized spacial score (nSPS) is 10.3. The Bertz CT molecular complexity index is 506. The molecule has 0 fully saturated rings. The first-order valence-corrected chi connectivity index (χ1v) is 6.05. The lowest BCUT2D eigenvalue weighted by Gasteiger charge is -2.11. The Kier molecular flexibility index (Phi) is 4.07. The van der Waals surface area contributed by atoms with E-state index in [9.17, 15) is 0 Å². The van der Waals surface area contributed by atoms with Gasteiger partial charge in [-0.15, -0.1) is 0 Å². The fourth-order valence-corrected chi connectivity index (χ4v) is 1.93. The molecule has 2 aromatic rings. The summed E-state index contributed by atoms with van der Waals surface area (Å²) in [6, 6.07) is 13.1. The number of hydrogen-bond acceptors (Lipinski definition) is 3. The standard InChI is InChI=1S/C14H15ClN2O/c15-12-2-1-3-13(16)14(12)17-8-10-4-6-11(9-18)7-5-10/h1-7,17-18H,8-9,16H2. The molecule has 4 heteroatoms. The molecule has 0 saturated heterocycles. The van der Waals surface area contributed by atoms with Gasteiger partial charge in [-0.25, -0.2) is 0 Å². The molecule has 4 N–H and O–H groups in total. The van der Waals surface area contributed by atoms with Gasteiger partial charge in [0.05, 0.1) is 23.0 Å². The maximum Gasteiger partial charge on any atom is 0.0765 e. The van der Waals surface area contributed by atoms with Crippen molar-refractivity contribution in [2.75, 3.05) is 11.1 Å². The molecule has 0 bridgehead atoms. The second-order valence-electron chi connectivity index (χ2n) is 4.03. The van der Waals surface area contributed by atoms with E-state index in [-0.39, 0.29) is 6.61 Å². The Morgan fingerprint density at radius 3 is 2.33 bits per heavy atom. The zero-order valence-electron chi connectivity index (χ0n) is 9.86. The minimum Gasteiger partial charge on any atom is -0.397 e. The molecule has 0 atom stereocenters. The molecule has 3 nitrogen and oxygen atoms in total. The van der Waals surface area contributed by atoms with E-state index in [1.807, 2.05) is 36.4 Å². The topological polar surface area (TPSA) is 58.3 Å². The highest BCUT2D eigenvalue weighted by molar-refractivity contribution is 6.33. The van der Waals surface area contributed by atoms with Gasteiger partial charge in [-0.2, -0.15) is 0 Å². The summed E-state index contributed by atoms with van der Waals surface area (Å²) >= 11 is 6.07. The number of halogens is 1. The Balaban J connectivity index is 2.06. The third kappa shape index (κ3) is 2.94. The first kappa shape index (κ1) is 12.7. The molecule has 0 aliphatic heterocycles. The minimum atomic E-state index is 0.0607. The molecule has 0 unspecified atom stereocenters. The van der Waals surface area contributed by atoms with Gasteiger partial charge in [0.2, 0.25) is 0 Å². The van der Waals surface area contributed by atoms with Crippen LogP contribution >= 0.6 is 11.6 Å². The lowest BCUT2D eigenvalue weighted by molar-refractivity contribution is 0.282. The molecule has 2 aromatic carbocycles. The second-order valence-corrected chi connectivity index (χ2v) is 4.44. The van der Waals surface area contributed by atoms with Gasteiger partial charge in [-0.3, -0.25) is 0 Å². The second kappa shape index (κ2) is 5.76. The van der Waals surface area contributed by atoms with Gasteiger partial charge in [0.1, 0.15) is 0 Å². The van der Waals surface area contributed by atoms with Gasteiger partial charge in [0.15, 0.2) is 0 Å². The number of para-hydroxylation sites is 1. The molecule has 0 spiro atoms. The summed E-state index contributed by atoms with van der Waals surface area (Å²) in [5.74, 6) is 0. The zero-order valence-corrected chi connectivity index (χ0v) is 10.6. The lowest BCUT2D eigenvalue weighted by atomic mass is 10.1. The molecule has 94 valence electrons. The smallest absolute Gasteiger partial charge is 0.0765 e. The average molecular weight is 263 g/mol. The Labute approximate surface area is 111 Å². The molecule has 18 heavy (non-hydrogen) atoms. The number of aliphatic hydroxyl groups excluding tert-OH is 1. The highest BCUT2D eigenvalue weighted by Gasteiger charge is 2.03. The van der Waals surface area contributed by atoms with Gasteiger partial charge >= 0.3 is 0 Å². The van der Waals surface area contributed by atoms with Crippen LogP contribution in [-0.4, -0.2) is 5.11 Å². The van der Waals surface area contributed by atoms with Crippen molar-refractivity contribution < 1.29 is 5.11 Å². The van der Waals surface area contributed by atoms with Crippen LogP contribution in [0.4, 0.5) is 11.4 Å². The summed E-state index contributed by atoms with van der Waals surface area (Å²) in [6.07, 6.45) is 0. The summed E-state index contributed by atoms with van der Waals surface area (Å²) in [5, 5.41) is 12.8. The van der Waals surface area contributed by atoms with Crippen molar-refractivity contribution in [1.82, 2.24) is 0 Å². The van der Waals surface area contributed by atoms with Crippen molar-refractivity contribution in [3.63, 3.8) is 0 Å². The van der Waals surface area contributed by atoms with E-state index >= 15 is 0 Å². The van der Waals surface area contributed by atoms with Gasteiger partial charge in [0, 0.05) is 6.54 Å². The maximum atomic E-state index is 8.96. The number of nitrogens with two attached hydrogens (primary N) is 1. The van der Waals surface area contributed by atoms with Crippen LogP contribution < -0.4 is 11.1 Å². The molecule has 2 rings (SSSR count). The van der Waals surface area contributed by atoms with E-state index in [1.54, 1.807) is 6.07 Å². The largest absolute Gasteiger partial charge is 0.397 e. The number of nitrogens with one attached hydrogen (secondary N) is 1. The fraction of sp³-hybridized carbons (Fsp3) is 0.143. The number of benzene rings is 2. The predicted octanol–water partition coefficient (Wildman–Crippen LogP) is 3.03. The zero-order chi connectivity index (χ0) is 13.0. The van der Waals surface area contributed by atoms with Gasteiger partial charge in [0.25, 0.3) is 0 Å². The summed E-state index contributed by atoms with van der Waals surface area (Å²) in [5.41, 5.74) is 9.24. The Morgan fingerprint density at radius 1 is 1.06 bits per heavy atom. The summed E-state index contributed by atoms with van der Waals surface area (Å²) < 4.78 is 0. The van der Waals surface area contributed by atoms with Crippen molar-refractivity contribution in [2.45, 2.75) is 13.2 Å². The Morgan fingerprint density at radius 2 is 1.72 bits per heavy atom. The van der Waals surface area contributed by atoms with Crippen molar-refractivity contribution in [2.24, 2.45) is 0 Å². The molecule has 0 aliphatic rings. The van der Waals surface area contributed by atoms with Gasteiger partial charge in [-0.1, -0.05) is 41.9 Å². The van der Waals surface area contributed by atoms with Gasteiger partial charge in [-0.05, 0) is 23.3 Å². The lowest BCUT2D eigenvalue weighted by Crippen LogP contribution is -2.03. The first-order valence-electron chi connectivity index (χ1n) is 5.67. The molecular weight excluding hydrogens is 248 g/mol. The monoisotopic (exact) mass is 262 g/mol. The highest BCUT2D eigenvalue weighted by atomic mass is 35.5. The number of rotatable bonds is 4. The van der Waals surface area contributed by atoms with E-state index in [0.29, 0.717) is 17.3 Å². The maximum absolute atomic E-state index is 8.96. The summed E-state index contributed by atoms with van der Waals surface area (Å²) in [6.45, 7) is 0.699. The number of aliphatic hydroxyl groups is 1. The van der Waals surface area contributed by atoms with Crippen LogP contribution in [0.1, 0.15) is 11.1 Å². The number of anilines is 2. The third-order valence-corrected chi connectivity index (χ3v) is 3.04. The van der Waals surface area contributed by atoms with E-state index in [4.69, 9.17) is 22.4 Å². The SMILES string of the molecule is Nc1cccc(Cl)c1NCc1ccc(CO)cc1. The van der Waals surface area contributed by atoms with E-state index in [1.165, 1.54) is 0 Å². The van der Waals surface area contributed by atoms with Crippen LogP contribution in [0.5, 0.6) is 0 Å². The predicted molar refractivity (Wildman–Crippen MR) is 75.6 cm³/mol. The highest BCUT2D eigenvalue weighted by Crippen LogP contribution is 2.28. The van der Waals surface area contributed by atoms with E-state index in [0.717, 1.165) is 16.8 Å². The molecule has 0 aromatic heterocycles. The molecular formula is C14H15ClN2O. The summed E-state index contributed by atoms with van der Waals surface area (Å²) in [7, 11) is 0. The van der Waals surface area contributed by atoms with Crippen LogP contribution in [0.25, 0.3) is 0 Å². The van der Waals surface area contributed by atoms with Crippen LogP contribution in [0.3, 0.4) is 0 Å². The van der Waals surface area contributed by atoms with Crippen LogP contribution in [0.15, 0.2) is 42.5 Å². The van der Waals surface area contributed by atoms with Crippen molar-refractivity contribution in [3.05, 3.63) is 58.6 Å². The third-order valence-electron chi connectivity index (χ3n) is 2.72. The minimum absolute atomic E-state index is 0.0607. The Hall–Kier alpha value is -1.71. The number of hydrogen-bond donors (Lipinski definition) is 3. The molecule has 0 amide bonds. The molecule has 0 saturated carbocycles. The van der Waals surface area contributed by atoms with Crippen LogP contribution in [-0.2, 0) is 13.2 Å². The van der Waals surface area contributed by atoms with Crippen molar-refractivity contribution in [3.8, 4) is 0 Å². The van der Waals surface area contributed by atoms with Gasteiger partial charge < -0.3 is 16.2 Å². The van der Waals surface area contributed by atoms with E-state index in [2.05, 4.69) is 5.32 Å². The van der Waals surface area contributed by atoms with E-state index < -0.39 is 0 Å². The number of nitrogen functional groups attached to an aromatic ring is 1. The molecule has 0 aliphatic carbocycles. The molecule has 0 heterocycles. The van der Waals surface area contributed by atoms with Crippen molar-refractivity contribution in [1.29, 1.82) is 0 Å². The average Bonchev–Trinajstić information content (AvgIpc) is 2.39. The molecule has 0 radical (unpaired) electrons.